The molecule has 5 heteroatoms. The van der Waals surface area contributed by atoms with Crippen molar-refractivity contribution in [3.63, 3.8) is 0 Å². The molecule has 1 aromatic heterocycles. The van der Waals surface area contributed by atoms with Crippen molar-refractivity contribution in [2.24, 2.45) is 11.7 Å². The quantitative estimate of drug-likeness (QED) is 0.827. The monoisotopic (exact) mass is 277 g/mol. The molecule has 1 saturated carbocycles. The molecule has 1 heterocycles. The van der Waals surface area contributed by atoms with Gasteiger partial charge in [0.25, 0.3) is 5.91 Å². The molecular weight excluding hydrogens is 258 g/mol. The standard InChI is InChI=1S/C14H19N3OS/c15-13(19)12(10-5-2-1-3-6-10)17-14(18)11-7-4-8-16-9-11/h4,7-10,12H,1-3,5-6H2,(H2,15,19)(H,17,18). The molecule has 0 spiro atoms. The Hall–Kier alpha value is -1.49. The molecule has 1 aromatic rings. The van der Waals surface area contributed by atoms with Crippen molar-refractivity contribution in [1.82, 2.24) is 10.3 Å². The second-order valence-corrected chi connectivity index (χ2v) is 5.46. The van der Waals surface area contributed by atoms with Crippen LogP contribution in [0.2, 0.25) is 0 Å². The van der Waals surface area contributed by atoms with Crippen LogP contribution in [0.15, 0.2) is 24.5 Å². The number of nitrogens with two attached hydrogens (primary N) is 1. The highest BCUT2D eigenvalue weighted by molar-refractivity contribution is 7.80. The summed E-state index contributed by atoms with van der Waals surface area (Å²) in [6, 6.07) is 3.27. The van der Waals surface area contributed by atoms with E-state index in [0.717, 1.165) is 12.8 Å². The van der Waals surface area contributed by atoms with Crippen molar-refractivity contribution >= 4 is 23.1 Å². The van der Waals surface area contributed by atoms with E-state index in [9.17, 15) is 4.79 Å². The Balaban J connectivity index is 2.04. The molecule has 3 N–H and O–H groups in total. The highest BCUT2D eigenvalue weighted by Gasteiger charge is 2.27. The van der Waals surface area contributed by atoms with Crippen LogP contribution in [0, 0.1) is 5.92 Å². The highest BCUT2D eigenvalue weighted by Crippen LogP contribution is 2.26. The Labute approximate surface area is 118 Å². The molecular formula is C14H19N3OS. The van der Waals surface area contributed by atoms with Gasteiger partial charge in [0, 0.05) is 12.4 Å². The zero-order valence-electron chi connectivity index (χ0n) is 10.8. The van der Waals surface area contributed by atoms with Crippen LogP contribution in [0.25, 0.3) is 0 Å². The van der Waals surface area contributed by atoms with E-state index in [4.69, 9.17) is 18.0 Å². The molecule has 1 unspecified atom stereocenters. The molecule has 102 valence electrons. The van der Waals surface area contributed by atoms with Crippen LogP contribution in [-0.4, -0.2) is 21.9 Å². The predicted molar refractivity (Wildman–Crippen MR) is 78.9 cm³/mol. The van der Waals surface area contributed by atoms with E-state index >= 15 is 0 Å². The number of aromatic nitrogens is 1. The van der Waals surface area contributed by atoms with Crippen molar-refractivity contribution in [2.45, 2.75) is 38.1 Å². The Morgan fingerprint density at radius 2 is 2.16 bits per heavy atom. The van der Waals surface area contributed by atoms with E-state index in [0.29, 0.717) is 16.5 Å². The number of nitrogens with zero attached hydrogens (tertiary/aromatic N) is 1. The smallest absolute Gasteiger partial charge is 0.253 e. The predicted octanol–water partition coefficient (Wildman–Crippen LogP) is 2.05. The lowest BCUT2D eigenvalue weighted by atomic mass is 9.83. The molecule has 1 atom stereocenters. The second-order valence-electron chi connectivity index (χ2n) is 4.99. The number of rotatable bonds is 4. The summed E-state index contributed by atoms with van der Waals surface area (Å²) in [6.07, 6.45) is 8.98. The van der Waals surface area contributed by atoms with Crippen LogP contribution in [0.4, 0.5) is 0 Å². The Kier molecular flexibility index (Phi) is 4.85. The van der Waals surface area contributed by atoms with Crippen LogP contribution in [0.1, 0.15) is 42.5 Å². The van der Waals surface area contributed by atoms with E-state index in [1.807, 2.05) is 0 Å². The Morgan fingerprint density at radius 1 is 1.42 bits per heavy atom. The first-order valence-electron chi connectivity index (χ1n) is 6.68. The van der Waals surface area contributed by atoms with Gasteiger partial charge >= 0.3 is 0 Å². The minimum absolute atomic E-state index is 0.156. The molecule has 1 fully saturated rings. The van der Waals surface area contributed by atoms with Crippen LogP contribution in [-0.2, 0) is 0 Å². The summed E-state index contributed by atoms with van der Waals surface area (Å²) in [4.78, 5) is 16.5. The van der Waals surface area contributed by atoms with Crippen molar-refractivity contribution in [1.29, 1.82) is 0 Å². The summed E-state index contributed by atoms with van der Waals surface area (Å²) in [5, 5.41) is 2.96. The number of carbonyl (C=O) groups is 1. The maximum Gasteiger partial charge on any atom is 0.253 e. The van der Waals surface area contributed by atoms with Gasteiger partial charge < -0.3 is 11.1 Å². The number of hydrogen-bond donors (Lipinski definition) is 2. The van der Waals surface area contributed by atoms with E-state index in [1.54, 1.807) is 24.5 Å². The van der Waals surface area contributed by atoms with Crippen LogP contribution in [0.3, 0.4) is 0 Å². The molecule has 2 rings (SSSR count). The molecule has 1 amide bonds. The van der Waals surface area contributed by atoms with Gasteiger partial charge in [-0.1, -0.05) is 31.5 Å². The lowest BCUT2D eigenvalue weighted by Crippen LogP contribution is -2.48. The van der Waals surface area contributed by atoms with Gasteiger partial charge in [0.15, 0.2) is 0 Å². The van der Waals surface area contributed by atoms with E-state index in [2.05, 4.69) is 10.3 Å². The summed E-state index contributed by atoms with van der Waals surface area (Å²) in [5.74, 6) is 0.211. The summed E-state index contributed by atoms with van der Waals surface area (Å²) in [6.45, 7) is 0. The normalized spacial score (nSPS) is 17.7. The fourth-order valence-corrected chi connectivity index (χ4v) is 2.86. The zero-order chi connectivity index (χ0) is 13.7. The van der Waals surface area contributed by atoms with E-state index in [1.165, 1.54) is 19.3 Å². The molecule has 1 aliphatic carbocycles. The van der Waals surface area contributed by atoms with Crippen molar-refractivity contribution in [3.8, 4) is 0 Å². The SMILES string of the molecule is NC(=S)C(NC(=O)c1cccnc1)C1CCCCC1. The third-order valence-corrected chi connectivity index (χ3v) is 3.89. The molecule has 19 heavy (non-hydrogen) atoms. The first-order valence-corrected chi connectivity index (χ1v) is 7.09. The number of carbonyl (C=O) groups excluding carboxylic acids is 1. The second kappa shape index (κ2) is 6.61. The topological polar surface area (TPSA) is 68.0 Å². The van der Waals surface area contributed by atoms with Crippen LogP contribution >= 0.6 is 12.2 Å². The minimum atomic E-state index is -0.206. The van der Waals surface area contributed by atoms with Crippen molar-refractivity contribution < 1.29 is 4.79 Å². The average molecular weight is 277 g/mol. The molecule has 0 saturated heterocycles. The van der Waals surface area contributed by atoms with Crippen LogP contribution in [0.5, 0.6) is 0 Å². The van der Waals surface area contributed by atoms with E-state index < -0.39 is 0 Å². The van der Waals surface area contributed by atoms with Crippen LogP contribution < -0.4 is 11.1 Å². The molecule has 0 aromatic carbocycles. The summed E-state index contributed by atoms with van der Waals surface area (Å²) >= 11 is 5.11. The van der Waals surface area contributed by atoms with E-state index in [-0.39, 0.29) is 11.9 Å². The summed E-state index contributed by atoms with van der Waals surface area (Å²) in [5.41, 5.74) is 6.34. The van der Waals surface area contributed by atoms with Crippen molar-refractivity contribution in [2.75, 3.05) is 0 Å². The molecule has 4 nitrogen and oxygen atoms in total. The largest absolute Gasteiger partial charge is 0.392 e. The maximum atomic E-state index is 12.1. The van der Waals surface area contributed by atoms with Gasteiger partial charge in [-0.2, -0.15) is 0 Å². The number of amides is 1. The zero-order valence-corrected chi connectivity index (χ0v) is 11.7. The first kappa shape index (κ1) is 13.9. The number of nitrogens with one attached hydrogen (secondary N) is 1. The first-order chi connectivity index (χ1) is 9.18. The number of pyridine rings is 1. The summed E-state index contributed by atoms with van der Waals surface area (Å²) < 4.78 is 0. The van der Waals surface area contributed by atoms with Gasteiger partial charge in [0.1, 0.15) is 0 Å². The van der Waals surface area contributed by atoms with Gasteiger partial charge in [-0.05, 0) is 30.9 Å². The maximum absolute atomic E-state index is 12.1. The fourth-order valence-electron chi connectivity index (χ4n) is 2.61. The molecule has 1 aliphatic rings. The van der Waals surface area contributed by atoms with Crippen molar-refractivity contribution in [3.05, 3.63) is 30.1 Å². The van der Waals surface area contributed by atoms with Gasteiger partial charge in [0.2, 0.25) is 0 Å². The third kappa shape index (κ3) is 3.73. The molecule has 0 radical (unpaired) electrons. The Morgan fingerprint density at radius 3 is 2.74 bits per heavy atom. The number of thiocarbonyl (C=S) groups is 1. The highest BCUT2D eigenvalue weighted by atomic mass is 32.1. The van der Waals surface area contributed by atoms with Gasteiger partial charge in [-0.25, -0.2) is 0 Å². The van der Waals surface area contributed by atoms with Gasteiger partial charge in [0.05, 0.1) is 16.6 Å². The lowest BCUT2D eigenvalue weighted by Gasteiger charge is -2.30. The Bertz CT molecular complexity index is 443. The van der Waals surface area contributed by atoms with Gasteiger partial charge in [-0.3, -0.25) is 9.78 Å². The minimum Gasteiger partial charge on any atom is -0.392 e. The molecule has 0 bridgehead atoms. The fraction of sp³-hybridized carbons (Fsp3) is 0.500. The number of hydrogen-bond acceptors (Lipinski definition) is 3. The third-order valence-electron chi connectivity index (χ3n) is 3.64. The average Bonchev–Trinajstić information content (AvgIpc) is 2.46. The summed E-state index contributed by atoms with van der Waals surface area (Å²) in [7, 11) is 0. The van der Waals surface area contributed by atoms with Gasteiger partial charge in [-0.15, -0.1) is 0 Å². The lowest BCUT2D eigenvalue weighted by molar-refractivity contribution is 0.0931. The molecule has 0 aliphatic heterocycles.